The van der Waals surface area contributed by atoms with Gasteiger partial charge in [-0.25, -0.2) is 0 Å². The smallest absolute Gasteiger partial charge is 0.239 e. The first-order chi connectivity index (χ1) is 9.85. The standard InChI is InChI=1S/C17H27N3O/c1-13-10-15(20-9-5-8-18-16(21)12-20)7-6-14(13)11-19-17(2,3)4/h6-7,10,19H,5,8-9,11-12H2,1-4H3,(H,18,21). The quantitative estimate of drug-likeness (QED) is 0.896. The number of carbonyl (C=O) groups excluding carboxylic acids is 1. The third-order valence-corrected chi connectivity index (χ3v) is 3.76. The summed E-state index contributed by atoms with van der Waals surface area (Å²) in [6, 6.07) is 6.50. The van der Waals surface area contributed by atoms with Gasteiger partial charge in [-0.3, -0.25) is 4.79 Å². The second-order valence-electron chi connectivity index (χ2n) is 6.84. The Balaban J connectivity index is 2.09. The van der Waals surface area contributed by atoms with Crippen LogP contribution in [0.15, 0.2) is 18.2 Å². The summed E-state index contributed by atoms with van der Waals surface area (Å²) in [5.41, 5.74) is 3.85. The molecule has 2 rings (SSSR count). The number of nitrogens with zero attached hydrogens (tertiary/aromatic N) is 1. The zero-order valence-corrected chi connectivity index (χ0v) is 13.6. The number of hydrogen-bond donors (Lipinski definition) is 2. The van der Waals surface area contributed by atoms with Crippen molar-refractivity contribution in [3.05, 3.63) is 29.3 Å². The van der Waals surface area contributed by atoms with Crippen molar-refractivity contribution < 1.29 is 4.79 Å². The summed E-state index contributed by atoms with van der Waals surface area (Å²) < 4.78 is 0. The summed E-state index contributed by atoms with van der Waals surface area (Å²) >= 11 is 0. The van der Waals surface area contributed by atoms with Gasteiger partial charge in [-0.15, -0.1) is 0 Å². The third kappa shape index (κ3) is 4.74. The molecule has 1 aromatic carbocycles. The van der Waals surface area contributed by atoms with Crippen molar-refractivity contribution in [3.63, 3.8) is 0 Å². The molecule has 0 radical (unpaired) electrons. The van der Waals surface area contributed by atoms with E-state index in [2.05, 4.69) is 61.4 Å². The van der Waals surface area contributed by atoms with Crippen molar-refractivity contribution in [3.8, 4) is 0 Å². The first-order valence-electron chi connectivity index (χ1n) is 7.71. The molecule has 0 saturated carbocycles. The molecule has 116 valence electrons. The maximum Gasteiger partial charge on any atom is 0.239 e. The lowest BCUT2D eigenvalue weighted by atomic mass is 10.0. The lowest BCUT2D eigenvalue weighted by Crippen LogP contribution is -2.35. The predicted octanol–water partition coefficient (Wildman–Crippen LogP) is 2.21. The van der Waals surface area contributed by atoms with E-state index in [1.165, 1.54) is 11.1 Å². The first-order valence-corrected chi connectivity index (χ1v) is 7.71. The number of hydrogen-bond acceptors (Lipinski definition) is 3. The second kappa shape index (κ2) is 6.48. The predicted molar refractivity (Wildman–Crippen MR) is 87.6 cm³/mol. The van der Waals surface area contributed by atoms with Crippen molar-refractivity contribution in [2.24, 2.45) is 0 Å². The van der Waals surface area contributed by atoms with Gasteiger partial charge in [0.2, 0.25) is 5.91 Å². The summed E-state index contributed by atoms with van der Waals surface area (Å²) in [7, 11) is 0. The van der Waals surface area contributed by atoms with Gasteiger partial charge in [-0.1, -0.05) is 6.07 Å². The van der Waals surface area contributed by atoms with Crippen LogP contribution in [0.3, 0.4) is 0 Å². The summed E-state index contributed by atoms with van der Waals surface area (Å²) in [5, 5.41) is 6.43. The van der Waals surface area contributed by atoms with Gasteiger partial charge in [-0.05, 0) is 57.4 Å². The molecule has 0 aliphatic carbocycles. The molecule has 1 aliphatic rings. The van der Waals surface area contributed by atoms with Gasteiger partial charge in [0.1, 0.15) is 0 Å². The highest BCUT2D eigenvalue weighted by Crippen LogP contribution is 2.20. The van der Waals surface area contributed by atoms with Gasteiger partial charge in [0.15, 0.2) is 0 Å². The Morgan fingerprint density at radius 1 is 1.33 bits per heavy atom. The topological polar surface area (TPSA) is 44.4 Å². The van der Waals surface area contributed by atoms with E-state index in [0.29, 0.717) is 6.54 Å². The molecule has 1 saturated heterocycles. The molecule has 4 heteroatoms. The van der Waals surface area contributed by atoms with Crippen LogP contribution in [0.5, 0.6) is 0 Å². The maximum atomic E-state index is 11.7. The highest BCUT2D eigenvalue weighted by Gasteiger charge is 2.16. The van der Waals surface area contributed by atoms with Crippen LogP contribution >= 0.6 is 0 Å². The van der Waals surface area contributed by atoms with E-state index in [4.69, 9.17) is 0 Å². The fourth-order valence-corrected chi connectivity index (χ4v) is 2.46. The van der Waals surface area contributed by atoms with Gasteiger partial charge < -0.3 is 15.5 Å². The highest BCUT2D eigenvalue weighted by atomic mass is 16.2. The minimum absolute atomic E-state index is 0.114. The van der Waals surface area contributed by atoms with Crippen molar-refractivity contribution in [1.29, 1.82) is 0 Å². The van der Waals surface area contributed by atoms with Crippen LogP contribution in [-0.4, -0.2) is 31.1 Å². The van der Waals surface area contributed by atoms with E-state index in [0.717, 1.165) is 31.7 Å². The number of rotatable bonds is 3. The lowest BCUT2D eigenvalue weighted by Gasteiger charge is -2.24. The molecule has 0 spiro atoms. The summed E-state index contributed by atoms with van der Waals surface area (Å²) in [6.07, 6.45) is 0.998. The number of benzene rings is 1. The molecule has 1 heterocycles. The molecule has 21 heavy (non-hydrogen) atoms. The van der Waals surface area contributed by atoms with Gasteiger partial charge in [0.25, 0.3) is 0 Å². The largest absolute Gasteiger partial charge is 0.362 e. The average Bonchev–Trinajstić information content (AvgIpc) is 2.61. The minimum atomic E-state index is 0.114. The first kappa shape index (κ1) is 15.8. The van der Waals surface area contributed by atoms with Crippen LogP contribution < -0.4 is 15.5 Å². The molecular weight excluding hydrogens is 262 g/mol. The molecular formula is C17H27N3O. The number of anilines is 1. The summed E-state index contributed by atoms with van der Waals surface area (Å²) in [6.45, 7) is 11.7. The highest BCUT2D eigenvalue weighted by molar-refractivity contribution is 5.81. The lowest BCUT2D eigenvalue weighted by molar-refractivity contribution is -0.119. The Kier molecular flexibility index (Phi) is 4.88. The van der Waals surface area contributed by atoms with Gasteiger partial charge in [-0.2, -0.15) is 0 Å². The van der Waals surface area contributed by atoms with Crippen LogP contribution in [0.1, 0.15) is 38.3 Å². The molecule has 1 amide bonds. The van der Waals surface area contributed by atoms with E-state index in [-0.39, 0.29) is 11.4 Å². The normalized spacial score (nSPS) is 16.6. The molecule has 0 aromatic heterocycles. The summed E-state index contributed by atoms with van der Waals surface area (Å²) in [4.78, 5) is 13.8. The Morgan fingerprint density at radius 3 is 2.76 bits per heavy atom. The molecule has 0 atom stereocenters. The Bertz CT molecular complexity index is 505. The summed E-state index contributed by atoms with van der Waals surface area (Å²) in [5.74, 6) is 0.114. The number of nitrogens with one attached hydrogen (secondary N) is 2. The van der Waals surface area contributed by atoms with Gasteiger partial charge >= 0.3 is 0 Å². The maximum absolute atomic E-state index is 11.7. The molecule has 0 bridgehead atoms. The Morgan fingerprint density at radius 2 is 2.10 bits per heavy atom. The van der Waals surface area contributed by atoms with Crippen molar-refractivity contribution >= 4 is 11.6 Å². The number of aryl methyl sites for hydroxylation is 1. The fraction of sp³-hybridized carbons (Fsp3) is 0.588. The molecule has 2 N–H and O–H groups in total. The number of amides is 1. The SMILES string of the molecule is Cc1cc(N2CCCNC(=O)C2)ccc1CNC(C)(C)C. The minimum Gasteiger partial charge on any atom is -0.362 e. The molecule has 4 nitrogen and oxygen atoms in total. The second-order valence-corrected chi connectivity index (χ2v) is 6.84. The Hall–Kier alpha value is -1.55. The van der Waals surface area contributed by atoms with Crippen LogP contribution in [0.4, 0.5) is 5.69 Å². The van der Waals surface area contributed by atoms with Crippen molar-refractivity contribution in [2.45, 2.75) is 46.2 Å². The van der Waals surface area contributed by atoms with Crippen LogP contribution in [0, 0.1) is 6.92 Å². The van der Waals surface area contributed by atoms with E-state index in [1.54, 1.807) is 0 Å². The molecule has 0 unspecified atom stereocenters. The van der Waals surface area contributed by atoms with E-state index in [9.17, 15) is 4.79 Å². The monoisotopic (exact) mass is 289 g/mol. The van der Waals surface area contributed by atoms with Crippen LogP contribution in [-0.2, 0) is 11.3 Å². The van der Waals surface area contributed by atoms with Crippen molar-refractivity contribution in [2.75, 3.05) is 24.5 Å². The average molecular weight is 289 g/mol. The molecule has 1 fully saturated rings. The van der Waals surface area contributed by atoms with Gasteiger partial charge in [0, 0.05) is 30.9 Å². The van der Waals surface area contributed by atoms with E-state index in [1.807, 2.05) is 0 Å². The third-order valence-electron chi connectivity index (χ3n) is 3.76. The van der Waals surface area contributed by atoms with Crippen LogP contribution in [0.2, 0.25) is 0 Å². The molecule has 1 aliphatic heterocycles. The zero-order chi connectivity index (χ0) is 15.5. The number of carbonyl (C=O) groups is 1. The Labute approximate surface area is 127 Å². The van der Waals surface area contributed by atoms with E-state index >= 15 is 0 Å². The fourth-order valence-electron chi connectivity index (χ4n) is 2.46. The van der Waals surface area contributed by atoms with Gasteiger partial charge in [0.05, 0.1) is 6.54 Å². The van der Waals surface area contributed by atoms with Crippen LogP contribution in [0.25, 0.3) is 0 Å². The van der Waals surface area contributed by atoms with E-state index < -0.39 is 0 Å². The molecule has 1 aromatic rings. The zero-order valence-electron chi connectivity index (χ0n) is 13.6. The van der Waals surface area contributed by atoms with Crippen molar-refractivity contribution in [1.82, 2.24) is 10.6 Å².